The van der Waals surface area contributed by atoms with E-state index in [1.807, 2.05) is 0 Å². The Kier molecular flexibility index (Phi) is 3.24. The molecule has 0 atom stereocenters. The van der Waals surface area contributed by atoms with Crippen LogP contribution >= 0.6 is 22.7 Å². The Labute approximate surface area is 101 Å². The van der Waals surface area contributed by atoms with Crippen molar-refractivity contribution in [1.82, 2.24) is 4.98 Å². The van der Waals surface area contributed by atoms with Gasteiger partial charge in [-0.25, -0.2) is 13.4 Å². The summed E-state index contributed by atoms with van der Waals surface area (Å²) >= 11 is 2.40. The second kappa shape index (κ2) is 4.50. The largest absolute Gasteiger partial charge is 0.326 e. The van der Waals surface area contributed by atoms with Crippen molar-refractivity contribution in [3.63, 3.8) is 0 Å². The predicted molar refractivity (Wildman–Crippen MR) is 65.1 cm³/mol. The van der Waals surface area contributed by atoms with E-state index in [9.17, 15) is 8.42 Å². The molecule has 8 heteroatoms. The molecule has 3 N–H and O–H groups in total. The molecule has 5 nitrogen and oxygen atoms in total. The lowest BCUT2D eigenvalue weighted by Gasteiger charge is -2.01. The number of sulfonamides is 1. The number of aromatic nitrogens is 1. The van der Waals surface area contributed by atoms with Gasteiger partial charge in [0.1, 0.15) is 4.21 Å². The molecule has 0 spiro atoms. The minimum absolute atomic E-state index is 0.253. The molecule has 0 aromatic carbocycles. The Morgan fingerprint density at radius 1 is 1.44 bits per heavy atom. The maximum absolute atomic E-state index is 11.9. The molecule has 2 aromatic rings. The van der Waals surface area contributed by atoms with E-state index in [0.717, 1.165) is 16.2 Å². The lowest BCUT2D eigenvalue weighted by atomic mass is 10.5. The summed E-state index contributed by atoms with van der Waals surface area (Å²) in [7, 11) is -3.51. The Morgan fingerprint density at radius 3 is 2.81 bits per heavy atom. The highest BCUT2D eigenvalue weighted by atomic mass is 32.2. The lowest BCUT2D eigenvalue weighted by molar-refractivity contribution is 0.603. The molecular formula is C8H9N3O2S3. The van der Waals surface area contributed by atoms with Crippen molar-refractivity contribution in [2.24, 2.45) is 5.73 Å². The van der Waals surface area contributed by atoms with E-state index in [1.165, 1.54) is 11.3 Å². The van der Waals surface area contributed by atoms with Crippen LogP contribution < -0.4 is 10.5 Å². The molecule has 86 valence electrons. The minimum atomic E-state index is -3.51. The van der Waals surface area contributed by atoms with Gasteiger partial charge in [0.25, 0.3) is 10.0 Å². The van der Waals surface area contributed by atoms with Crippen LogP contribution in [0.3, 0.4) is 0 Å². The van der Waals surface area contributed by atoms with Crippen LogP contribution in [-0.4, -0.2) is 13.4 Å². The van der Waals surface area contributed by atoms with Crippen LogP contribution in [-0.2, 0) is 16.6 Å². The molecule has 16 heavy (non-hydrogen) atoms. The second-order valence-corrected chi connectivity index (χ2v) is 6.84. The number of nitrogens with zero attached hydrogens (tertiary/aromatic N) is 1. The molecule has 0 aliphatic rings. The van der Waals surface area contributed by atoms with Gasteiger partial charge < -0.3 is 5.73 Å². The van der Waals surface area contributed by atoms with Crippen molar-refractivity contribution in [2.75, 3.05) is 4.72 Å². The Hall–Kier alpha value is -0.960. The average molecular weight is 275 g/mol. The van der Waals surface area contributed by atoms with E-state index in [0.29, 0.717) is 11.7 Å². The normalized spacial score (nSPS) is 11.6. The SMILES string of the molecule is NCc1ccc(S(=O)(=O)Nc2nccs2)s1. The smallest absolute Gasteiger partial charge is 0.273 e. The van der Waals surface area contributed by atoms with Gasteiger partial charge in [-0.05, 0) is 12.1 Å². The molecule has 0 bridgehead atoms. The first-order chi connectivity index (χ1) is 7.62. The fraction of sp³-hybridized carbons (Fsp3) is 0.125. The standard InChI is InChI=1S/C8H9N3O2S3/c9-5-6-1-2-7(15-6)16(12,13)11-8-10-3-4-14-8/h1-4H,5,9H2,(H,10,11). The Bertz CT molecular complexity index is 559. The zero-order valence-corrected chi connectivity index (χ0v) is 10.5. The van der Waals surface area contributed by atoms with E-state index in [-0.39, 0.29) is 4.21 Å². The summed E-state index contributed by atoms with van der Waals surface area (Å²) in [5.41, 5.74) is 5.43. The number of anilines is 1. The summed E-state index contributed by atoms with van der Waals surface area (Å²) in [6.07, 6.45) is 1.54. The van der Waals surface area contributed by atoms with Gasteiger partial charge in [0, 0.05) is 23.0 Å². The molecule has 0 amide bonds. The first kappa shape index (κ1) is 11.5. The van der Waals surface area contributed by atoms with Crippen LogP contribution in [0.4, 0.5) is 5.13 Å². The monoisotopic (exact) mass is 275 g/mol. The van der Waals surface area contributed by atoms with Crippen molar-refractivity contribution >= 4 is 37.8 Å². The molecule has 0 saturated carbocycles. The highest BCUT2D eigenvalue weighted by Gasteiger charge is 2.17. The molecule has 2 rings (SSSR count). The summed E-state index contributed by atoms with van der Waals surface area (Å²) in [6, 6.07) is 3.25. The van der Waals surface area contributed by atoms with Crippen LogP contribution in [0.2, 0.25) is 0 Å². The Balaban J connectivity index is 2.25. The van der Waals surface area contributed by atoms with Crippen molar-refractivity contribution < 1.29 is 8.42 Å². The van der Waals surface area contributed by atoms with Gasteiger partial charge in [0.05, 0.1) is 0 Å². The zero-order valence-electron chi connectivity index (χ0n) is 8.08. The van der Waals surface area contributed by atoms with Gasteiger partial charge in [-0.15, -0.1) is 22.7 Å². The maximum Gasteiger partial charge on any atom is 0.273 e. The van der Waals surface area contributed by atoms with E-state index in [2.05, 4.69) is 9.71 Å². The van der Waals surface area contributed by atoms with Crippen LogP contribution in [0.5, 0.6) is 0 Å². The van der Waals surface area contributed by atoms with Gasteiger partial charge in [-0.2, -0.15) is 0 Å². The third-order valence-electron chi connectivity index (χ3n) is 1.76. The van der Waals surface area contributed by atoms with E-state index >= 15 is 0 Å². The van der Waals surface area contributed by atoms with Crippen molar-refractivity contribution in [1.29, 1.82) is 0 Å². The minimum Gasteiger partial charge on any atom is -0.326 e. The van der Waals surface area contributed by atoms with Gasteiger partial charge in [-0.3, -0.25) is 4.72 Å². The van der Waals surface area contributed by atoms with Gasteiger partial charge in [-0.1, -0.05) is 0 Å². The summed E-state index contributed by atoms with van der Waals surface area (Å²) < 4.78 is 26.4. The van der Waals surface area contributed by atoms with E-state index in [4.69, 9.17) is 5.73 Å². The van der Waals surface area contributed by atoms with Crippen LogP contribution in [0.15, 0.2) is 27.9 Å². The molecule has 0 saturated heterocycles. The number of hydrogen-bond acceptors (Lipinski definition) is 6. The number of thiazole rings is 1. The lowest BCUT2D eigenvalue weighted by Crippen LogP contribution is -2.10. The summed E-state index contributed by atoms with van der Waals surface area (Å²) in [6.45, 7) is 0.345. The highest BCUT2D eigenvalue weighted by molar-refractivity contribution is 7.94. The average Bonchev–Trinajstić information content (AvgIpc) is 2.85. The van der Waals surface area contributed by atoms with Gasteiger partial charge in [0.2, 0.25) is 0 Å². The molecule has 0 aliphatic heterocycles. The van der Waals surface area contributed by atoms with Gasteiger partial charge >= 0.3 is 0 Å². The zero-order chi connectivity index (χ0) is 11.6. The van der Waals surface area contributed by atoms with Crippen LogP contribution in [0.1, 0.15) is 4.88 Å². The second-order valence-electron chi connectivity index (χ2n) is 2.87. The maximum atomic E-state index is 11.9. The molecule has 0 aliphatic carbocycles. The van der Waals surface area contributed by atoms with Crippen molar-refractivity contribution in [2.45, 2.75) is 10.8 Å². The van der Waals surface area contributed by atoms with Crippen LogP contribution in [0.25, 0.3) is 0 Å². The highest BCUT2D eigenvalue weighted by Crippen LogP contribution is 2.24. The fourth-order valence-corrected chi connectivity index (χ4v) is 4.07. The summed E-state index contributed by atoms with van der Waals surface area (Å²) in [5.74, 6) is 0. The molecule has 2 heterocycles. The number of nitrogens with one attached hydrogen (secondary N) is 1. The number of nitrogens with two attached hydrogens (primary N) is 1. The fourth-order valence-electron chi connectivity index (χ4n) is 1.05. The molecule has 2 aromatic heterocycles. The number of thiophene rings is 1. The number of rotatable bonds is 4. The van der Waals surface area contributed by atoms with E-state index < -0.39 is 10.0 Å². The number of hydrogen-bond donors (Lipinski definition) is 2. The topological polar surface area (TPSA) is 85.1 Å². The van der Waals surface area contributed by atoms with Crippen LogP contribution in [0, 0.1) is 0 Å². The Morgan fingerprint density at radius 2 is 2.25 bits per heavy atom. The quantitative estimate of drug-likeness (QED) is 0.884. The molecule has 0 unspecified atom stereocenters. The first-order valence-electron chi connectivity index (χ1n) is 4.33. The van der Waals surface area contributed by atoms with Crippen molar-refractivity contribution in [3.8, 4) is 0 Å². The summed E-state index contributed by atoms with van der Waals surface area (Å²) in [4.78, 5) is 4.69. The molecular weight excluding hydrogens is 266 g/mol. The third-order valence-corrected chi connectivity index (χ3v) is 5.51. The molecule has 0 radical (unpaired) electrons. The molecule has 0 fully saturated rings. The predicted octanol–water partition coefficient (Wildman–Crippen LogP) is 1.46. The van der Waals surface area contributed by atoms with Gasteiger partial charge in [0.15, 0.2) is 5.13 Å². The van der Waals surface area contributed by atoms with E-state index in [1.54, 1.807) is 23.7 Å². The first-order valence-corrected chi connectivity index (χ1v) is 7.51. The van der Waals surface area contributed by atoms with Crippen molar-refractivity contribution in [3.05, 3.63) is 28.6 Å². The third kappa shape index (κ3) is 2.40. The summed E-state index contributed by atoms with van der Waals surface area (Å²) in [5, 5.41) is 2.07.